The Morgan fingerprint density at radius 1 is 1.33 bits per heavy atom. The first-order valence-electron chi connectivity index (χ1n) is 5.01. The van der Waals surface area contributed by atoms with Gasteiger partial charge >= 0.3 is 0 Å². The number of anilines is 2. The highest BCUT2D eigenvalue weighted by molar-refractivity contribution is 7.99. The normalized spacial score (nSPS) is 10.0. The Kier molecular flexibility index (Phi) is 4.02. The van der Waals surface area contributed by atoms with E-state index in [9.17, 15) is 4.79 Å². The first-order chi connectivity index (χ1) is 8.74. The molecule has 7 nitrogen and oxygen atoms in total. The van der Waals surface area contributed by atoms with Gasteiger partial charge in [0.2, 0.25) is 11.9 Å². The van der Waals surface area contributed by atoms with E-state index in [-0.39, 0.29) is 17.6 Å². The van der Waals surface area contributed by atoms with Gasteiger partial charge < -0.3 is 11.1 Å². The molecule has 1 amide bonds. The molecule has 18 heavy (non-hydrogen) atoms. The maximum atomic E-state index is 11.6. The van der Waals surface area contributed by atoms with Crippen molar-refractivity contribution in [3.8, 4) is 0 Å². The number of nitrogens with zero attached hydrogens (tertiary/aromatic N) is 4. The number of nitrogen functional groups attached to an aromatic ring is 1. The summed E-state index contributed by atoms with van der Waals surface area (Å²) >= 11 is 1.19. The van der Waals surface area contributed by atoms with Crippen molar-refractivity contribution in [1.29, 1.82) is 0 Å². The molecule has 0 atom stereocenters. The molecule has 8 heteroatoms. The number of hydrogen-bond donors (Lipinski definition) is 2. The predicted octanol–water partition coefficient (Wildman–Crippen LogP) is 0.580. The summed E-state index contributed by atoms with van der Waals surface area (Å²) in [4.78, 5) is 26.9. The number of hydrogen-bond acceptors (Lipinski definition) is 7. The quantitative estimate of drug-likeness (QED) is 0.776. The average molecular weight is 262 g/mol. The molecular formula is C10H10N6OS. The van der Waals surface area contributed by atoms with E-state index in [1.54, 1.807) is 24.5 Å². The SMILES string of the molecule is Nc1ncnc(SCC(=O)Nc2ccncc2)n1. The minimum Gasteiger partial charge on any atom is -0.368 e. The average Bonchev–Trinajstić information content (AvgIpc) is 2.38. The monoisotopic (exact) mass is 262 g/mol. The van der Waals surface area contributed by atoms with Crippen LogP contribution >= 0.6 is 11.8 Å². The van der Waals surface area contributed by atoms with Crippen molar-refractivity contribution in [2.45, 2.75) is 5.16 Å². The number of thioether (sulfide) groups is 1. The lowest BCUT2D eigenvalue weighted by atomic mass is 10.4. The largest absolute Gasteiger partial charge is 0.368 e. The zero-order chi connectivity index (χ0) is 12.8. The first kappa shape index (κ1) is 12.2. The van der Waals surface area contributed by atoms with E-state index in [1.165, 1.54) is 18.1 Å². The molecule has 2 aromatic heterocycles. The van der Waals surface area contributed by atoms with Crippen LogP contribution in [0.4, 0.5) is 11.6 Å². The lowest BCUT2D eigenvalue weighted by molar-refractivity contribution is -0.113. The number of carbonyl (C=O) groups is 1. The molecule has 2 heterocycles. The van der Waals surface area contributed by atoms with Crippen LogP contribution < -0.4 is 11.1 Å². The van der Waals surface area contributed by atoms with Gasteiger partial charge in [-0.15, -0.1) is 0 Å². The molecule has 0 aliphatic heterocycles. The second-order valence-electron chi connectivity index (χ2n) is 3.20. The van der Waals surface area contributed by atoms with Crippen molar-refractivity contribution in [2.24, 2.45) is 0 Å². The molecule has 0 unspecified atom stereocenters. The standard InChI is InChI=1S/C10H10N6OS/c11-9-13-6-14-10(16-9)18-5-8(17)15-7-1-3-12-4-2-7/h1-4,6H,5H2,(H,12,15,17)(H2,11,13,14,16). The lowest BCUT2D eigenvalue weighted by Crippen LogP contribution is -2.14. The van der Waals surface area contributed by atoms with Gasteiger partial charge in [0.05, 0.1) is 5.75 Å². The van der Waals surface area contributed by atoms with E-state index < -0.39 is 0 Å². The van der Waals surface area contributed by atoms with Crippen molar-refractivity contribution in [1.82, 2.24) is 19.9 Å². The molecule has 0 bridgehead atoms. The van der Waals surface area contributed by atoms with Crippen molar-refractivity contribution >= 4 is 29.3 Å². The van der Waals surface area contributed by atoms with Gasteiger partial charge in [0.25, 0.3) is 0 Å². The van der Waals surface area contributed by atoms with Crippen LogP contribution in [0.1, 0.15) is 0 Å². The van der Waals surface area contributed by atoms with E-state index in [0.29, 0.717) is 10.8 Å². The summed E-state index contributed by atoms with van der Waals surface area (Å²) in [7, 11) is 0. The van der Waals surface area contributed by atoms with Crippen molar-refractivity contribution in [2.75, 3.05) is 16.8 Å². The number of carbonyl (C=O) groups excluding carboxylic acids is 1. The Hall–Kier alpha value is -2.22. The smallest absolute Gasteiger partial charge is 0.234 e. The number of amides is 1. The summed E-state index contributed by atoms with van der Waals surface area (Å²) in [6.45, 7) is 0. The third-order valence-electron chi connectivity index (χ3n) is 1.86. The van der Waals surface area contributed by atoms with Crippen LogP contribution in [0.25, 0.3) is 0 Å². The number of nitrogens with one attached hydrogen (secondary N) is 1. The highest BCUT2D eigenvalue weighted by atomic mass is 32.2. The zero-order valence-corrected chi connectivity index (χ0v) is 10.1. The van der Waals surface area contributed by atoms with Gasteiger partial charge in [0, 0.05) is 18.1 Å². The molecule has 0 saturated heterocycles. The van der Waals surface area contributed by atoms with Gasteiger partial charge in [-0.3, -0.25) is 9.78 Å². The Morgan fingerprint density at radius 2 is 2.11 bits per heavy atom. The minimum atomic E-state index is -0.148. The molecule has 0 spiro atoms. The van der Waals surface area contributed by atoms with Crippen LogP contribution in [0.15, 0.2) is 36.0 Å². The van der Waals surface area contributed by atoms with Crippen molar-refractivity contribution in [3.05, 3.63) is 30.9 Å². The number of aromatic nitrogens is 4. The number of nitrogens with two attached hydrogens (primary N) is 1. The number of rotatable bonds is 4. The highest BCUT2D eigenvalue weighted by Gasteiger charge is 2.05. The molecule has 0 saturated carbocycles. The molecule has 92 valence electrons. The molecule has 2 rings (SSSR count). The van der Waals surface area contributed by atoms with Gasteiger partial charge in [-0.1, -0.05) is 11.8 Å². The molecule has 0 aliphatic carbocycles. The summed E-state index contributed by atoms with van der Waals surface area (Å²) in [5.41, 5.74) is 6.11. The van der Waals surface area contributed by atoms with Crippen molar-refractivity contribution in [3.63, 3.8) is 0 Å². The second-order valence-corrected chi connectivity index (χ2v) is 4.14. The molecule has 0 aliphatic rings. The molecule has 2 aromatic rings. The summed E-state index contributed by atoms with van der Waals surface area (Å²) in [6, 6.07) is 3.42. The molecule has 0 aromatic carbocycles. The third kappa shape index (κ3) is 3.67. The van der Waals surface area contributed by atoms with E-state index in [1.807, 2.05) is 0 Å². The molecular weight excluding hydrogens is 252 g/mol. The topological polar surface area (TPSA) is 107 Å². The maximum absolute atomic E-state index is 11.6. The Morgan fingerprint density at radius 3 is 2.83 bits per heavy atom. The van der Waals surface area contributed by atoms with Gasteiger partial charge in [-0.25, -0.2) is 9.97 Å². The Labute approximate surface area is 107 Å². The minimum absolute atomic E-state index is 0.141. The van der Waals surface area contributed by atoms with Gasteiger partial charge in [-0.05, 0) is 12.1 Å². The molecule has 0 fully saturated rings. The zero-order valence-electron chi connectivity index (χ0n) is 9.28. The van der Waals surface area contributed by atoms with Gasteiger partial charge in [0.1, 0.15) is 6.33 Å². The van der Waals surface area contributed by atoms with Crippen LogP contribution in [-0.4, -0.2) is 31.6 Å². The Balaban J connectivity index is 1.85. The summed E-state index contributed by atoms with van der Waals surface area (Å²) in [5, 5.41) is 3.15. The molecule has 3 N–H and O–H groups in total. The maximum Gasteiger partial charge on any atom is 0.234 e. The summed E-state index contributed by atoms with van der Waals surface area (Å²) < 4.78 is 0. The van der Waals surface area contributed by atoms with Gasteiger partial charge in [-0.2, -0.15) is 4.98 Å². The van der Waals surface area contributed by atoms with Crippen LogP contribution in [0.2, 0.25) is 0 Å². The van der Waals surface area contributed by atoms with Crippen LogP contribution in [0.5, 0.6) is 0 Å². The summed E-state index contributed by atoms with van der Waals surface area (Å²) in [5.74, 6) is 0.193. The fourth-order valence-corrected chi connectivity index (χ4v) is 1.74. The van der Waals surface area contributed by atoms with E-state index in [4.69, 9.17) is 5.73 Å². The van der Waals surface area contributed by atoms with E-state index in [2.05, 4.69) is 25.3 Å². The van der Waals surface area contributed by atoms with Gasteiger partial charge in [0.15, 0.2) is 5.16 Å². The summed E-state index contributed by atoms with van der Waals surface area (Å²) in [6.07, 6.45) is 4.52. The fraction of sp³-hybridized carbons (Fsp3) is 0.100. The molecule has 0 radical (unpaired) electrons. The van der Waals surface area contributed by atoms with E-state index in [0.717, 1.165) is 0 Å². The van der Waals surface area contributed by atoms with E-state index >= 15 is 0 Å². The second kappa shape index (κ2) is 5.92. The third-order valence-corrected chi connectivity index (χ3v) is 2.73. The first-order valence-corrected chi connectivity index (χ1v) is 6.00. The van der Waals surface area contributed by atoms with Crippen molar-refractivity contribution < 1.29 is 4.79 Å². The number of pyridine rings is 1. The van der Waals surface area contributed by atoms with Crippen LogP contribution in [0.3, 0.4) is 0 Å². The lowest BCUT2D eigenvalue weighted by Gasteiger charge is -2.03. The van der Waals surface area contributed by atoms with Crippen LogP contribution in [0, 0.1) is 0 Å². The highest BCUT2D eigenvalue weighted by Crippen LogP contribution is 2.12. The Bertz CT molecular complexity index is 535. The predicted molar refractivity (Wildman–Crippen MR) is 67.8 cm³/mol. The van der Waals surface area contributed by atoms with Crippen LogP contribution in [-0.2, 0) is 4.79 Å². The fourth-order valence-electron chi connectivity index (χ4n) is 1.13.